The molecule has 1 aromatic heterocycles. The van der Waals surface area contributed by atoms with Crippen LogP contribution in [-0.4, -0.2) is 28.3 Å². The van der Waals surface area contributed by atoms with E-state index < -0.39 is 6.04 Å². The van der Waals surface area contributed by atoms with Gasteiger partial charge >= 0.3 is 0 Å². The second-order valence-corrected chi connectivity index (χ2v) is 4.33. The lowest BCUT2D eigenvalue weighted by Gasteiger charge is -2.14. The first-order valence-corrected chi connectivity index (χ1v) is 5.51. The van der Waals surface area contributed by atoms with E-state index >= 15 is 0 Å². The van der Waals surface area contributed by atoms with Gasteiger partial charge in [0.15, 0.2) is 0 Å². The van der Waals surface area contributed by atoms with E-state index in [-0.39, 0.29) is 24.2 Å². The first kappa shape index (κ1) is 15.9. The zero-order valence-corrected chi connectivity index (χ0v) is 11.3. The van der Waals surface area contributed by atoms with Gasteiger partial charge in [-0.25, -0.2) is 0 Å². The molecule has 0 saturated heterocycles. The minimum absolute atomic E-state index is 0. The van der Waals surface area contributed by atoms with Crippen LogP contribution >= 0.6 is 12.4 Å². The Bertz CT molecular complexity index is 351. The van der Waals surface area contributed by atoms with Gasteiger partial charge in [-0.05, 0) is 17.9 Å². The molecule has 3 N–H and O–H groups in total. The largest absolute Gasteiger partial charge is 0.354 e. The number of nitrogens with two attached hydrogens (primary N) is 1. The quantitative estimate of drug-likeness (QED) is 0.809. The summed E-state index contributed by atoms with van der Waals surface area (Å²) in [5, 5.41) is 6.88. The Morgan fingerprint density at radius 1 is 1.59 bits per heavy atom. The molecule has 0 aliphatic heterocycles. The van der Waals surface area contributed by atoms with Gasteiger partial charge in [-0.3, -0.25) is 9.48 Å². The lowest BCUT2D eigenvalue weighted by Crippen LogP contribution is -2.44. The molecule has 1 aromatic rings. The molecule has 0 saturated carbocycles. The van der Waals surface area contributed by atoms with Gasteiger partial charge in [-0.1, -0.05) is 13.8 Å². The summed E-state index contributed by atoms with van der Waals surface area (Å²) >= 11 is 0. The summed E-state index contributed by atoms with van der Waals surface area (Å²) in [7, 11) is 1.87. The Hall–Kier alpha value is -1.07. The number of rotatable bonds is 5. The molecule has 6 heteroatoms. The molecule has 0 spiro atoms. The Morgan fingerprint density at radius 2 is 2.24 bits per heavy atom. The molecule has 17 heavy (non-hydrogen) atoms. The van der Waals surface area contributed by atoms with Crippen LogP contribution in [0.25, 0.3) is 0 Å². The van der Waals surface area contributed by atoms with Crippen LogP contribution < -0.4 is 11.1 Å². The normalized spacial score (nSPS) is 12.1. The van der Waals surface area contributed by atoms with E-state index in [1.54, 1.807) is 10.9 Å². The zero-order valence-electron chi connectivity index (χ0n) is 10.5. The molecule has 0 aromatic carbocycles. The number of hydrogen-bond acceptors (Lipinski definition) is 3. The van der Waals surface area contributed by atoms with E-state index in [1.807, 2.05) is 27.1 Å². The van der Waals surface area contributed by atoms with Gasteiger partial charge in [-0.15, -0.1) is 12.4 Å². The fourth-order valence-electron chi connectivity index (χ4n) is 1.35. The first-order valence-electron chi connectivity index (χ1n) is 5.51. The molecule has 0 bridgehead atoms. The van der Waals surface area contributed by atoms with Gasteiger partial charge < -0.3 is 11.1 Å². The fraction of sp³-hybridized carbons (Fsp3) is 0.636. The number of amides is 1. The Labute approximate surface area is 108 Å². The van der Waals surface area contributed by atoms with Crippen LogP contribution in [-0.2, 0) is 18.3 Å². The predicted octanol–water partition coefficient (Wildman–Crippen LogP) is 0.484. The van der Waals surface area contributed by atoms with E-state index in [2.05, 4.69) is 10.4 Å². The lowest BCUT2D eigenvalue weighted by molar-refractivity contribution is -0.123. The minimum Gasteiger partial charge on any atom is -0.354 e. The standard InChI is InChI=1S/C11H20N4O.ClH/c1-8(2)10(12)11(16)13-5-4-9-6-14-15(3)7-9;/h6-8,10H,4-5,12H2,1-3H3,(H,13,16);1H/t10-;/m1./s1. The van der Waals surface area contributed by atoms with Crippen LogP contribution in [0.3, 0.4) is 0 Å². The molecule has 0 unspecified atom stereocenters. The minimum atomic E-state index is -0.422. The van der Waals surface area contributed by atoms with E-state index in [9.17, 15) is 4.79 Å². The Morgan fingerprint density at radius 3 is 2.71 bits per heavy atom. The molecule has 0 radical (unpaired) electrons. The topological polar surface area (TPSA) is 72.9 Å². The van der Waals surface area contributed by atoms with Gasteiger partial charge in [0.2, 0.25) is 5.91 Å². The highest BCUT2D eigenvalue weighted by Gasteiger charge is 2.16. The maximum Gasteiger partial charge on any atom is 0.237 e. The van der Waals surface area contributed by atoms with Gasteiger partial charge in [-0.2, -0.15) is 5.10 Å². The first-order chi connectivity index (χ1) is 7.50. The molecule has 0 aliphatic carbocycles. The van der Waals surface area contributed by atoms with E-state index in [1.165, 1.54) is 0 Å². The molecule has 1 rings (SSSR count). The Balaban J connectivity index is 0.00000256. The number of halogens is 1. The summed E-state index contributed by atoms with van der Waals surface area (Å²) in [6.45, 7) is 4.47. The maximum atomic E-state index is 11.5. The van der Waals surface area contributed by atoms with Gasteiger partial charge in [0, 0.05) is 19.8 Å². The number of hydrogen-bond donors (Lipinski definition) is 2. The Kier molecular flexibility index (Phi) is 6.83. The van der Waals surface area contributed by atoms with Crippen LogP contribution in [0.1, 0.15) is 19.4 Å². The summed E-state index contributed by atoms with van der Waals surface area (Å²) in [5.74, 6) is 0.0808. The number of nitrogens with one attached hydrogen (secondary N) is 1. The van der Waals surface area contributed by atoms with Crippen molar-refractivity contribution in [3.8, 4) is 0 Å². The van der Waals surface area contributed by atoms with Crippen LogP contribution in [0.5, 0.6) is 0 Å². The summed E-state index contributed by atoms with van der Waals surface area (Å²) < 4.78 is 1.75. The molecule has 1 amide bonds. The highest BCUT2D eigenvalue weighted by Crippen LogP contribution is 1.99. The van der Waals surface area contributed by atoms with Crippen molar-refractivity contribution < 1.29 is 4.79 Å². The zero-order chi connectivity index (χ0) is 12.1. The molecule has 1 heterocycles. The van der Waals surface area contributed by atoms with Crippen molar-refractivity contribution in [2.75, 3.05) is 6.54 Å². The van der Waals surface area contributed by atoms with E-state index in [0.717, 1.165) is 12.0 Å². The molecular weight excluding hydrogens is 240 g/mol. The average Bonchev–Trinajstić information content (AvgIpc) is 2.62. The summed E-state index contributed by atoms with van der Waals surface area (Å²) in [5.41, 5.74) is 6.83. The molecule has 5 nitrogen and oxygen atoms in total. The average molecular weight is 261 g/mol. The summed E-state index contributed by atoms with van der Waals surface area (Å²) in [6, 6.07) is -0.422. The summed E-state index contributed by atoms with van der Waals surface area (Å²) in [6.07, 6.45) is 4.52. The van der Waals surface area contributed by atoms with Crippen molar-refractivity contribution >= 4 is 18.3 Å². The monoisotopic (exact) mass is 260 g/mol. The van der Waals surface area contributed by atoms with Crippen LogP contribution in [0.4, 0.5) is 0 Å². The number of aryl methyl sites for hydroxylation is 1. The number of carbonyl (C=O) groups excluding carboxylic acids is 1. The molecular formula is C11H21ClN4O. The van der Waals surface area contributed by atoms with E-state index in [4.69, 9.17) is 5.73 Å². The number of nitrogens with zero attached hydrogens (tertiary/aromatic N) is 2. The van der Waals surface area contributed by atoms with Gasteiger partial charge in [0.1, 0.15) is 0 Å². The van der Waals surface area contributed by atoms with Crippen LogP contribution in [0, 0.1) is 5.92 Å². The fourth-order valence-corrected chi connectivity index (χ4v) is 1.35. The molecule has 1 atom stereocenters. The smallest absolute Gasteiger partial charge is 0.237 e. The number of aromatic nitrogens is 2. The van der Waals surface area contributed by atoms with Crippen molar-refractivity contribution in [3.63, 3.8) is 0 Å². The third kappa shape index (κ3) is 5.19. The van der Waals surface area contributed by atoms with Crippen molar-refractivity contribution in [1.82, 2.24) is 15.1 Å². The number of carbonyl (C=O) groups is 1. The lowest BCUT2D eigenvalue weighted by atomic mass is 10.1. The second kappa shape index (κ2) is 7.29. The molecule has 0 aliphatic rings. The second-order valence-electron chi connectivity index (χ2n) is 4.33. The highest BCUT2D eigenvalue weighted by atomic mass is 35.5. The van der Waals surface area contributed by atoms with Crippen LogP contribution in [0.2, 0.25) is 0 Å². The van der Waals surface area contributed by atoms with Gasteiger partial charge in [0.25, 0.3) is 0 Å². The van der Waals surface area contributed by atoms with Crippen LogP contribution in [0.15, 0.2) is 12.4 Å². The third-order valence-corrected chi connectivity index (χ3v) is 2.49. The van der Waals surface area contributed by atoms with Crippen molar-refractivity contribution in [3.05, 3.63) is 18.0 Å². The third-order valence-electron chi connectivity index (χ3n) is 2.49. The van der Waals surface area contributed by atoms with Crippen molar-refractivity contribution in [2.24, 2.45) is 18.7 Å². The SMILES string of the molecule is CC(C)[C@@H](N)C(=O)NCCc1cnn(C)c1.Cl. The predicted molar refractivity (Wildman–Crippen MR) is 70.0 cm³/mol. The maximum absolute atomic E-state index is 11.5. The van der Waals surface area contributed by atoms with Gasteiger partial charge in [0.05, 0.1) is 12.2 Å². The highest BCUT2D eigenvalue weighted by molar-refractivity contribution is 5.85. The van der Waals surface area contributed by atoms with E-state index in [0.29, 0.717) is 6.54 Å². The summed E-state index contributed by atoms with van der Waals surface area (Å²) in [4.78, 5) is 11.5. The van der Waals surface area contributed by atoms with Crippen molar-refractivity contribution in [2.45, 2.75) is 26.3 Å². The van der Waals surface area contributed by atoms with Crippen molar-refractivity contribution in [1.29, 1.82) is 0 Å². The molecule has 98 valence electrons. The molecule has 0 fully saturated rings.